The van der Waals surface area contributed by atoms with Crippen molar-refractivity contribution in [2.45, 2.75) is 30.5 Å². The van der Waals surface area contributed by atoms with Crippen molar-refractivity contribution in [2.75, 3.05) is 0 Å². The molecule has 76 valence electrons. The third-order valence-corrected chi connectivity index (χ3v) is 3.09. The van der Waals surface area contributed by atoms with Gasteiger partial charge in [-0.15, -0.1) is 0 Å². The fourth-order valence-electron chi connectivity index (χ4n) is 1.50. The predicted octanol–water partition coefficient (Wildman–Crippen LogP) is 1.07. The van der Waals surface area contributed by atoms with E-state index in [2.05, 4.69) is 0 Å². The number of alkyl halides is 2. The summed E-state index contributed by atoms with van der Waals surface area (Å²) < 4.78 is 25.3. The molecule has 0 aromatic carbocycles. The summed E-state index contributed by atoms with van der Waals surface area (Å²) in [4.78, 5) is 10.5. The lowest BCUT2D eigenvalue weighted by Crippen LogP contribution is -2.39. The topological polar surface area (TPSA) is 57.5 Å². The van der Waals surface area contributed by atoms with Gasteiger partial charge in [0.1, 0.15) is 0 Å². The van der Waals surface area contributed by atoms with Gasteiger partial charge in [-0.05, 0) is 6.42 Å². The minimum Gasteiger partial charge on any atom is -0.479 e. The number of aliphatic carboxylic acids is 1. The third-order valence-electron chi connectivity index (χ3n) is 2.37. The van der Waals surface area contributed by atoms with E-state index in [-0.39, 0.29) is 12.8 Å². The lowest BCUT2D eigenvalue weighted by atomic mass is 10.00. The molecule has 1 aliphatic carbocycles. The van der Waals surface area contributed by atoms with Gasteiger partial charge in [0.05, 0.1) is 0 Å². The molecule has 0 aromatic rings. The Balaban J connectivity index is 2.71. The SMILES string of the molecule is O=C(O)C(O)(P)C1CCC(F)(F)C1. The molecule has 0 amide bonds. The summed E-state index contributed by atoms with van der Waals surface area (Å²) in [5, 5.41) is 15.8. The molecule has 3 unspecified atom stereocenters. The Bertz CT molecular complexity index is 230. The molecule has 3 atom stereocenters. The second-order valence-electron chi connectivity index (χ2n) is 3.43. The van der Waals surface area contributed by atoms with Crippen molar-refractivity contribution in [3.05, 3.63) is 0 Å². The molecular weight excluding hydrogens is 201 g/mol. The molecule has 6 heteroatoms. The van der Waals surface area contributed by atoms with Crippen LogP contribution in [0.15, 0.2) is 0 Å². The van der Waals surface area contributed by atoms with Crippen molar-refractivity contribution in [1.29, 1.82) is 0 Å². The summed E-state index contributed by atoms with van der Waals surface area (Å²) >= 11 is 0. The number of rotatable bonds is 2. The highest BCUT2D eigenvalue weighted by Gasteiger charge is 2.50. The van der Waals surface area contributed by atoms with Crippen molar-refractivity contribution in [3.63, 3.8) is 0 Å². The monoisotopic (exact) mass is 212 g/mol. The highest BCUT2D eigenvalue weighted by atomic mass is 31.0. The van der Waals surface area contributed by atoms with Gasteiger partial charge in [-0.3, -0.25) is 0 Å². The van der Waals surface area contributed by atoms with Gasteiger partial charge in [0.25, 0.3) is 0 Å². The third kappa shape index (κ3) is 2.15. The zero-order valence-corrected chi connectivity index (χ0v) is 7.99. The first-order chi connectivity index (χ1) is 5.76. The van der Waals surface area contributed by atoms with Crippen LogP contribution in [-0.2, 0) is 4.79 Å². The molecule has 1 saturated carbocycles. The summed E-state index contributed by atoms with van der Waals surface area (Å²) in [6, 6.07) is 0. The van der Waals surface area contributed by atoms with E-state index in [0.717, 1.165) is 0 Å². The highest BCUT2D eigenvalue weighted by molar-refractivity contribution is 7.20. The van der Waals surface area contributed by atoms with Gasteiger partial charge in [0.2, 0.25) is 5.92 Å². The summed E-state index contributed by atoms with van der Waals surface area (Å²) in [5.41, 5.74) is 0. The zero-order valence-electron chi connectivity index (χ0n) is 6.83. The van der Waals surface area contributed by atoms with Crippen molar-refractivity contribution in [2.24, 2.45) is 5.92 Å². The van der Waals surface area contributed by atoms with Crippen molar-refractivity contribution < 1.29 is 23.8 Å². The molecule has 1 fully saturated rings. The molecule has 0 radical (unpaired) electrons. The average molecular weight is 212 g/mol. The van der Waals surface area contributed by atoms with E-state index in [1.54, 1.807) is 9.24 Å². The predicted molar refractivity (Wildman–Crippen MR) is 44.6 cm³/mol. The van der Waals surface area contributed by atoms with E-state index < -0.39 is 29.6 Å². The van der Waals surface area contributed by atoms with Crippen LogP contribution in [0.3, 0.4) is 0 Å². The summed E-state index contributed by atoms with van der Waals surface area (Å²) in [5.74, 6) is -5.18. The van der Waals surface area contributed by atoms with E-state index in [9.17, 15) is 18.7 Å². The first-order valence-electron chi connectivity index (χ1n) is 3.88. The van der Waals surface area contributed by atoms with E-state index in [1.807, 2.05) is 0 Å². The van der Waals surface area contributed by atoms with Crippen LogP contribution < -0.4 is 0 Å². The van der Waals surface area contributed by atoms with E-state index >= 15 is 0 Å². The molecule has 2 N–H and O–H groups in total. The lowest BCUT2D eigenvalue weighted by Gasteiger charge is -2.24. The van der Waals surface area contributed by atoms with Crippen molar-refractivity contribution in [3.8, 4) is 0 Å². The van der Waals surface area contributed by atoms with Crippen LogP contribution in [0.5, 0.6) is 0 Å². The van der Waals surface area contributed by atoms with Crippen LogP contribution in [0.2, 0.25) is 0 Å². The maximum atomic E-state index is 12.7. The minimum atomic E-state index is -2.83. The van der Waals surface area contributed by atoms with Gasteiger partial charge in [-0.1, -0.05) is 9.24 Å². The molecule has 3 nitrogen and oxygen atoms in total. The lowest BCUT2D eigenvalue weighted by molar-refractivity contribution is -0.153. The number of hydrogen-bond acceptors (Lipinski definition) is 2. The van der Waals surface area contributed by atoms with Crippen LogP contribution >= 0.6 is 9.24 Å². The Labute approximate surface area is 76.3 Å². The Hall–Kier alpha value is -0.280. The average Bonchev–Trinajstić information content (AvgIpc) is 2.30. The normalized spacial score (nSPS) is 31.2. The first kappa shape index (κ1) is 10.8. The van der Waals surface area contributed by atoms with Crippen LogP contribution in [0.4, 0.5) is 8.78 Å². The van der Waals surface area contributed by atoms with Crippen LogP contribution in [-0.4, -0.2) is 27.4 Å². The maximum Gasteiger partial charge on any atom is 0.339 e. The van der Waals surface area contributed by atoms with Gasteiger partial charge in [-0.2, -0.15) is 0 Å². The molecule has 1 aliphatic rings. The number of aliphatic hydroxyl groups is 1. The first-order valence-corrected chi connectivity index (χ1v) is 4.46. The number of carbonyl (C=O) groups is 1. The van der Waals surface area contributed by atoms with Gasteiger partial charge in [-0.25, -0.2) is 13.6 Å². The molecular formula is C7H11F2O3P. The zero-order chi connectivity index (χ0) is 10.3. The second-order valence-corrected chi connectivity index (χ2v) is 4.31. The molecule has 0 aliphatic heterocycles. The molecule has 0 bridgehead atoms. The summed E-state index contributed by atoms with van der Waals surface area (Å²) in [6.07, 6.45) is -0.861. The van der Waals surface area contributed by atoms with E-state index in [4.69, 9.17) is 5.11 Å². The Morgan fingerprint density at radius 2 is 2.15 bits per heavy atom. The number of carboxylic acid groups (broad SMARTS) is 1. The quantitative estimate of drug-likeness (QED) is 0.673. The Morgan fingerprint density at radius 1 is 1.62 bits per heavy atom. The van der Waals surface area contributed by atoms with Crippen LogP contribution in [0.1, 0.15) is 19.3 Å². The molecule has 0 saturated heterocycles. The Morgan fingerprint density at radius 3 is 2.46 bits per heavy atom. The number of carboxylic acids is 1. The van der Waals surface area contributed by atoms with Gasteiger partial charge in [0.15, 0.2) is 5.34 Å². The largest absolute Gasteiger partial charge is 0.479 e. The number of halogens is 2. The van der Waals surface area contributed by atoms with Crippen molar-refractivity contribution in [1.82, 2.24) is 0 Å². The van der Waals surface area contributed by atoms with Crippen LogP contribution in [0.25, 0.3) is 0 Å². The minimum absolute atomic E-state index is 0.0410. The molecule has 0 heterocycles. The standard InChI is InChI=1S/C7H11F2O3P/c8-6(9)2-1-4(3-6)7(12,13)5(10)11/h4,12H,1-3,13H2,(H,10,11). The van der Waals surface area contributed by atoms with Gasteiger partial charge >= 0.3 is 5.97 Å². The van der Waals surface area contributed by atoms with Gasteiger partial charge in [0, 0.05) is 18.8 Å². The fraction of sp³-hybridized carbons (Fsp3) is 0.857. The number of hydrogen-bond donors (Lipinski definition) is 2. The molecule has 1 rings (SSSR count). The maximum absolute atomic E-state index is 12.7. The summed E-state index contributed by atoms with van der Waals surface area (Å²) in [7, 11) is 1.73. The fourth-order valence-corrected chi connectivity index (χ4v) is 1.78. The molecule has 0 aromatic heterocycles. The second kappa shape index (κ2) is 3.14. The smallest absolute Gasteiger partial charge is 0.339 e. The van der Waals surface area contributed by atoms with E-state index in [1.165, 1.54) is 0 Å². The molecule has 13 heavy (non-hydrogen) atoms. The highest BCUT2D eigenvalue weighted by Crippen LogP contribution is 2.45. The van der Waals surface area contributed by atoms with Gasteiger partial charge < -0.3 is 10.2 Å². The van der Waals surface area contributed by atoms with Crippen molar-refractivity contribution >= 4 is 15.2 Å². The Kier molecular flexibility index (Phi) is 2.61. The van der Waals surface area contributed by atoms with Crippen LogP contribution in [0, 0.1) is 5.92 Å². The van der Waals surface area contributed by atoms with E-state index in [0.29, 0.717) is 0 Å². The molecule has 0 spiro atoms. The summed E-state index contributed by atoms with van der Waals surface area (Å²) in [6.45, 7) is 0.